The van der Waals surface area contributed by atoms with Crippen LogP contribution in [0, 0.1) is 19.9 Å². The number of para-hydroxylation sites is 1. The quantitative estimate of drug-likeness (QED) is 0.111. The third kappa shape index (κ3) is 6.80. The summed E-state index contributed by atoms with van der Waals surface area (Å²) in [6.45, 7) is 14.0. The van der Waals surface area contributed by atoms with Crippen molar-refractivity contribution in [1.29, 1.82) is 0 Å². The molecule has 0 unspecified atom stereocenters. The summed E-state index contributed by atoms with van der Waals surface area (Å²) in [5, 5.41) is 13.1. The molecule has 2 heterocycles. The van der Waals surface area contributed by atoms with Gasteiger partial charge in [-0.15, -0.1) is 18.2 Å². The normalized spacial score (nSPS) is 11.7. The van der Waals surface area contributed by atoms with Gasteiger partial charge in [0, 0.05) is 37.8 Å². The van der Waals surface area contributed by atoms with Crippen LogP contribution in [0.3, 0.4) is 0 Å². The van der Waals surface area contributed by atoms with Crippen LogP contribution >= 0.6 is 0 Å². The van der Waals surface area contributed by atoms with Crippen molar-refractivity contribution in [2.75, 3.05) is 0 Å². The number of rotatable bonds is 3. The Morgan fingerprint density at radius 1 is 0.884 bits per heavy atom. The summed E-state index contributed by atoms with van der Waals surface area (Å²) in [6, 6.07) is 29.2. The Morgan fingerprint density at radius 3 is 2.28 bits per heavy atom. The van der Waals surface area contributed by atoms with Crippen LogP contribution in [-0.2, 0) is 30.3 Å². The zero-order valence-electron chi connectivity index (χ0n) is 25.6. The van der Waals surface area contributed by atoms with Crippen molar-refractivity contribution in [3.63, 3.8) is 0 Å². The Kier molecular flexibility index (Phi) is 9.39. The molecular formula is C38H36IrNO3-. The van der Waals surface area contributed by atoms with Crippen molar-refractivity contribution in [3.8, 4) is 22.4 Å². The minimum atomic E-state index is -0.125. The van der Waals surface area contributed by atoms with Gasteiger partial charge in [0.25, 0.3) is 0 Å². The molecule has 4 nitrogen and oxygen atoms in total. The Balaban J connectivity index is 0.000000475. The van der Waals surface area contributed by atoms with Gasteiger partial charge in [-0.1, -0.05) is 80.3 Å². The van der Waals surface area contributed by atoms with Crippen LogP contribution in [0.4, 0.5) is 0 Å². The van der Waals surface area contributed by atoms with Gasteiger partial charge < -0.3 is 14.5 Å². The second-order valence-corrected chi connectivity index (χ2v) is 12.0. The number of aliphatic hydroxyl groups is 1. The molecule has 6 rings (SSSR count). The molecule has 0 atom stereocenters. The molecule has 0 spiro atoms. The molecule has 0 aliphatic heterocycles. The first kappa shape index (κ1) is 31.9. The Bertz CT molecular complexity index is 1990. The first-order chi connectivity index (χ1) is 19.9. The number of carbonyl (C=O) groups is 1. The number of hydrogen-bond acceptors (Lipinski definition) is 4. The van der Waals surface area contributed by atoms with Crippen LogP contribution in [0.2, 0.25) is 0 Å². The molecule has 4 aromatic carbocycles. The first-order valence-corrected chi connectivity index (χ1v) is 14.1. The number of aliphatic hydroxyl groups excluding tert-OH is 1. The average Bonchev–Trinajstić information content (AvgIpc) is 3.31. The van der Waals surface area contributed by atoms with Crippen LogP contribution in [-0.4, -0.2) is 15.9 Å². The van der Waals surface area contributed by atoms with E-state index in [0.29, 0.717) is 0 Å². The number of pyridine rings is 1. The fourth-order valence-corrected chi connectivity index (χ4v) is 5.29. The molecular weight excluding hydrogens is 711 g/mol. The number of nitrogens with zero attached hydrogens (tertiary/aromatic N) is 1. The van der Waals surface area contributed by atoms with Crippen molar-refractivity contribution in [2.24, 2.45) is 0 Å². The van der Waals surface area contributed by atoms with E-state index in [2.05, 4.69) is 89.2 Å². The van der Waals surface area contributed by atoms with Gasteiger partial charge in [0.15, 0.2) is 5.78 Å². The molecule has 1 N–H and O–H groups in total. The molecule has 0 aliphatic rings. The molecule has 0 aliphatic carbocycles. The van der Waals surface area contributed by atoms with E-state index in [-0.39, 0.29) is 37.1 Å². The van der Waals surface area contributed by atoms with Crippen LogP contribution < -0.4 is 0 Å². The van der Waals surface area contributed by atoms with Crippen molar-refractivity contribution < 1.29 is 34.4 Å². The van der Waals surface area contributed by atoms with Gasteiger partial charge in [0.05, 0.1) is 11.3 Å². The Morgan fingerprint density at radius 2 is 1.60 bits per heavy atom. The van der Waals surface area contributed by atoms with Crippen LogP contribution in [0.5, 0.6) is 0 Å². The molecule has 5 heteroatoms. The number of benzene rings is 4. The topological polar surface area (TPSA) is 63.3 Å². The number of aryl methyl sites for hydroxylation is 2. The summed E-state index contributed by atoms with van der Waals surface area (Å²) in [5.41, 5.74) is 9.81. The van der Waals surface area contributed by atoms with E-state index in [0.717, 1.165) is 38.8 Å². The van der Waals surface area contributed by atoms with Gasteiger partial charge in [-0.05, 0) is 89.5 Å². The number of hydrogen-bond donors (Lipinski definition) is 1. The summed E-state index contributed by atoms with van der Waals surface area (Å²) < 4.78 is 6.26. The van der Waals surface area contributed by atoms with Crippen LogP contribution in [0.25, 0.3) is 55.1 Å². The Labute approximate surface area is 266 Å². The van der Waals surface area contributed by atoms with Crippen molar-refractivity contribution >= 4 is 38.5 Å². The van der Waals surface area contributed by atoms with Crippen molar-refractivity contribution in [2.45, 2.75) is 53.9 Å². The van der Waals surface area contributed by atoms with Gasteiger partial charge in [-0.3, -0.25) is 4.79 Å². The van der Waals surface area contributed by atoms with E-state index >= 15 is 0 Å². The fourth-order valence-electron chi connectivity index (χ4n) is 5.29. The van der Waals surface area contributed by atoms with Gasteiger partial charge >= 0.3 is 0 Å². The number of carbonyl (C=O) groups excluding carboxylic acids is 1. The number of furan rings is 1. The maximum atomic E-state index is 10.0. The zero-order chi connectivity index (χ0) is 30.2. The molecule has 0 saturated carbocycles. The molecule has 0 saturated heterocycles. The maximum Gasteiger partial charge on any atom is 0.155 e. The Hall–Kier alpha value is -4.05. The smallest absolute Gasteiger partial charge is 0.155 e. The van der Waals surface area contributed by atoms with E-state index in [1.165, 1.54) is 52.9 Å². The van der Waals surface area contributed by atoms with Crippen LogP contribution in [0.15, 0.2) is 95.2 Å². The minimum absolute atomic E-state index is 0. The number of ketones is 1. The molecule has 0 amide bonds. The summed E-state index contributed by atoms with van der Waals surface area (Å²) in [5.74, 6) is -0.0625. The van der Waals surface area contributed by atoms with E-state index in [9.17, 15) is 4.79 Å². The first-order valence-electron chi connectivity index (χ1n) is 14.1. The standard InChI is InChI=1S/C33H28NO.C5H8O2.Ir/c1-20-15-23-16-24(33(3,4)5)14-13-22(23)17-28(20)29-18-30(34-19-21(29)2)27-11-8-10-26-25-9-6-7-12-31(25)35-32(26)27;1-4(6)3-5(2)7;/h6-10,12-19H,1-5H3;3,6H,1-2H3;/q-1;;/b;4-3-;. The third-order valence-corrected chi connectivity index (χ3v) is 7.45. The monoisotopic (exact) mass is 747 g/mol. The summed E-state index contributed by atoms with van der Waals surface area (Å²) in [7, 11) is 0. The summed E-state index contributed by atoms with van der Waals surface area (Å²) in [6.07, 6.45) is 3.13. The number of allylic oxidation sites excluding steroid dienone is 2. The van der Waals surface area contributed by atoms with E-state index in [4.69, 9.17) is 14.5 Å². The summed E-state index contributed by atoms with van der Waals surface area (Å²) >= 11 is 0. The van der Waals surface area contributed by atoms with Crippen molar-refractivity contribution in [1.82, 2.24) is 4.98 Å². The molecule has 43 heavy (non-hydrogen) atoms. The largest absolute Gasteiger partial charge is 0.512 e. The van der Waals surface area contributed by atoms with Crippen molar-refractivity contribution in [3.05, 3.63) is 114 Å². The second kappa shape index (κ2) is 12.7. The third-order valence-electron chi connectivity index (χ3n) is 7.45. The molecule has 0 bridgehead atoms. The fraction of sp³-hybridized carbons (Fsp3) is 0.211. The predicted molar refractivity (Wildman–Crippen MR) is 174 cm³/mol. The van der Waals surface area contributed by atoms with Crippen LogP contribution in [0.1, 0.15) is 51.3 Å². The maximum absolute atomic E-state index is 10.0. The average molecular weight is 747 g/mol. The molecule has 2 aromatic heterocycles. The summed E-state index contributed by atoms with van der Waals surface area (Å²) in [4.78, 5) is 14.8. The molecule has 6 aromatic rings. The second-order valence-electron chi connectivity index (χ2n) is 12.0. The molecule has 0 fully saturated rings. The number of aromatic nitrogens is 1. The number of fused-ring (bicyclic) bond motifs is 4. The molecule has 221 valence electrons. The van der Waals surface area contributed by atoms with Gasteiger partial charge in [0.1, 0.15) is 5.58 Å². The van der Waals surface area contributed by atoms with Gasteiger partial charge in [0.2, 0.25) is 0 Å². The van der Waals surface area contributed by atoms with E-state index in [1.54, 1.807) is 0 Å². The van der Waals surface area contributed by atoms with E-state index < -0.39 is 0 Å². The predicted octanol–water partition coefficient (Wildman–Crippen LogP) is 10.2. The van der Waals surface area contributed by atoms with Gasteiger partial charge in [-0.2, -0.15) is 0 Å². The molecule has 1 radical (unpaired) electrons. The SMILES string of the molecule is CC(=O)/C=C(/C)O.Cc1cnc(-c2[c-]ccc3c2oc2ccccc23)cc1-c1cc2ccc(C(C)(C)C)cc2cc1C.[Ir]. The van der Waals surface area contributed by atoms with E-state index in [1.807, 2.05) is 30.5 Å². The zero-order valence-corrected chi connectivity index (χ0v) is 28.0. The minimum Gasteiger partial charge on any atom is -0.512 e. The van der Waals surface area contributed by atoms with Gasteiger partial charge in [-0.25, -0.2) is 0 Å².